The number of carbonyl (C=O) groups excluding carboxylic acids is 1. The molecule has 2 aromatic rings. The van der Waals surface area contributed by atoms with Crippen molar-refractivity contribution in [3.8, 4) is 5.75 Å². The lowest BCUT2D eigenvalue weighted by molar-refractivity contribution is 0.104. The molecule has 1 aromatic heterocycles. The van der Waals surface area contributed by atoms with Crippen molar-refractivity contribution in [1.29, 1.82) is 0 Å². The zero-order chi connectivity index (χ0) is 15.2. The van der Waals surface area contributed by atoms with E-state index in [1.807, 2.05) is 45.0 Å². The fraction of sp³-hybridized carbons (Fsp3) is 0.294. The van der Waals surface area contributed by atoms with Crippen molar-refractivity contribution in [3.05, 3.63) is 53.9 Å². The highest BCUT2D eigenvalue weighted by Crippen LogP contribution is 2.14. The zero-order valence-corrected chi connectivity index (χ0v) is 12.6. The van der Waals surface area contributed by atoms with Crippen LogP contribution in [0.1, 0.15) is 42.7 Å². The Labute approximate surface area is 125 Å². The van der Waals surface area contributed by atoms with Gasteiger partial charge in [-0.15, -0.1) is 0 Å². The summed E-state index contributed by atoms with van der Waals surface area (Å²) in [5, 5.41) is 4.17. The zero-order valence-electron chi connectivity index (χ0n) is 12.6. The lowest BCUT2D eigenvalue weighted by Gasteiger charge is -2.02. The molecule has 0 N–H and O–H groups in total. The van der Waals surface area contributed by atoms with E-state index in [0.717, 1.165) is 11.3 Å². The number of carbonyl (C=O) groups is 1. The Hall–Kier alpha value is -2.36. The second kappa shape index (κ2) is 6.88. The Bertz CT molecular complexity index is 624. The molecule has 4 nitrogen and oxygen atoms in total. The first-order valence-electron chi connectivity index (χ1n) is 7.09. The molecule has 0 fully saturated rings. The third-order valence-electron chi connectivity index (χ3n) is 3.03. The number of ketones is 1. The molecule has 2 rings (SSSR count). The fourth-order valence-electron chi connectivity index (χ4n) is 1.86. The van der Waals surface area contributed by atoms with Gasteiger partial charge in [-0.1, -0.05) is 18.2 Å². The van der Waals surface area contributed by atoms with Gasteiger partial charge in [0.1, 0.15) is 5.75 Å². The molecule has 0 saturated heterocycles. The van der Waals surface area contributed by atoms with Gasteiger partial charge < -0.3 is 4.74 Å². The van der Waals surface area contributed by atoms with Gasteiger partial charge in [-0.05, 0) is 44.5 Å². The minimum Gasteiger partial charge on any atom is -0.494 e. The molecule has 0 bridgehead atoms. The van der Waals surface area contributed by atoms with Gasteiger partial charge in [0, 0.05) is 12.2 Å². The number of nitrogens with zero attached hydrogens (tertiary/aromatic N) is 2. The summed E-state index contributed by atoms with van der Waals surface area (Å²) in [7, 11) is 0. The first-order valence-corrected chi connectivity index (χ1v) is 7.09. The number of rotatable bonds is 6. The van der Waals surface area contributed by atoms with Crippen molar-refractivity contribution in [2.24, 2.45) is 0 Å². The van der Waals surface area contributed by atoms with Crippen LogP contribution in [0.3, 0.4) is 0 Å². The Morgan fingerprint density at radius 2 is 2.05 bits per heavy atom. The Balaban J connectivity index is 2.03. The summed E-state index contributed by atoms with van der Waals surface area (Å²) >= 11 is 0. The van der Waals surface area contributed by atoms with E-state index < -0.39 is 0 Å². The predicted molar refractivity (Wildman–Crippen MR) is 83.6 cm³/mol. The van der Waals surface area contributed by atoms with Gasteiger partial charge in [0.25, 0.3) is 0 Å². The van der Waals surface area contributed by atoms with Crippen LogP contribution in [0.2, 0.25) is 0 Å². The second-order valence-corrected chi connectivity index (χ2v) is 5.00. The maximum absolute atomic E-state index is 12.1. The largest absolute Gasteiger partial charge is 0.494 e. The summed E-state index contributed by atoms with van der Waals surface area (Å²) in [6, 6.07) is 7.88. The molecule has 0 spiro atoms. The van der Waals surface area contributed by atoms with Crippen LogP contribution >= 0.6 is 0 Å². The van der Waals surface area contributed by atoms with Gasteiger partial charge in [0.2, 0.25) is 0 Å². The van der Waals surface area contributed by atoms with Crippen molar-refractivity contribution in [2.75, 3.05) is 6.61 Å². The highest BCUT2D eigenvalue weighted by atomic mass is 16.5. The van der Waals surface area contributed by atoms with E-state index in [1.165, 1.54) is 0 Å². The van der Waals surface area contributed by atoms with Gasteiger partial charge in [0.05, 0.1) is 18.4 Å². The van der Waals surface area contributed by atoms with E-state index in [-0.39, 0.29) is 11.8 Å². The maximum atomic E-state index is 12.1. The van der Waals surface area contributed by atoms with Crippen molar-refractivity contribution in [1.82, 2.24) is 9.78 Å². The van der Waals surface area contributed by atoms with E-state index >= 15 is 0 Å². The average Bonchev–Trinajstić information content (AvgIpc) is 2.97. The van der Waals surface area contributed by atoms with Crippen molar-refractivity contribution in [3.63, 3.8) is 0 Å². The third kappa shape index (κ3) is 4.05. The number of aromatic nitrogens is 2. The molecule has 0 atom stereocenters. The van der Waals surface area contributed by atoms with E-state index in [2.05, 4.69) is 5.10 Å². The molecule has 21 heavy (non-hydrogen) atoms. The molecule has 110 valence electrons. The summed E-state index contributed by atoms with van der Waals surface area (Å²) in [5.41, 5.74) is 1.56. The molecule has 0 aliphatic rings. The van der Waals surface area contributed by atoms with Gasteiger partial charge in [-0.2, -0.15) is 5.10 Å². The minimum absolute atomic E-state index is 0.0456. The van der Waals surface area contributed by atoms with Gasteiger partial charge in [-0.3, -0.25) is 9.48 Å². The topological polar surface area (TPSA) is 44.1 Å². The first kappa shape index (κ1) is 15.0. The van der Waals surface area contributed by atoms with Crippen molar-refractivity contribution in [2.45, 2.75) is 26.8 Å². The predicted octanol–water partition coefficient (Wildman–Crippen LogP) is 3.76. The Morgan fingerprint density at radius 3 is 2.62 bits per heavy atom. The molecule has 4 heteroatoms. The first-order chi connectivity index (χ1) is 10.1. The quantitative estimate of drug-likeness (QED) is 0.599. The van der Waals surface area contributed by atoms with Gasteiger partial charge in [-0.25, -0.2) is 0 Å². The highest BCUT2D eigenvalue weighted by Gasteiger charge is 2.06. The molecule has 0 radical (unpaired) electrons. The molecule has 1 aromatic carbocycles. The summed E-state index contributed by atoms with van der Waals surface area (Å²) < 4.78 is 7.15. The van der Waals surface area contributed by atoms with Crippen LogP contribution in [-0.2, 0) is 0 Å². The summed E-state index contributed by atoms with van der Waals surface area (Å²) in [6.07, 6.45) is 6.74. The molecular formula is C17H20N2O2. The average molecular weight is 284 g/mol. The van der Waals surface area contributed by atoms with Crippen molar-refractivity contribution >= 4 is 11.9 Å². The lowest BCUT2D eigenvalue weighted by atomic mass is 10.1. The van der Waals surface area contributed by atoms with Crippen LogP contribution in [0, 0.1) is 0 Å². The van der Waals surface area contributed by atoms with Gasteiger partial charge in [0.15, 0.2) is 5.78 Å². The number of benzene rings is 1. The Morgan fingerprint density at radius 1 is 1.33 bits per heavy atom. The summed E-state index contributed by atoms with van der Waals surface area (Å²) in [6.45, 7) is 6.64. The van der Waals surface area contributed by atoms with Crippen LogP contribution in [0.4, 0.5) is 0 Å². The summed E-state index contributed by atoms with van der Waals surface area (Å²) in [5.74, 6) is 0.787. The molecule has 0 aliphatic carbocycles. The summed E-state index contributed by atoms with van der Waals surface area (Å²) in [4.78, 5) is 12.1. The van der Waals surface area contributed by atoms with Gasteiger partial charge >= 0.3 is 0 Å². The number of ether oxygens (including phenoxy) is 1. The highest BCUT2D eigenvalue weighted by molar-refractivity contribution is 6.06. The fourth-order valence-corrected chi connectivity index (χ4v) is 1.86. The van der Waals surface area contributed by atoms with Crippen LogP contribution in [0.15, 0.2) is 42.7 Å². The smallest absolute Gasteiger partial charge is 0.189 e. The van der Waals surface area contributed by atoms with Crippen LogP contribution in [-0.4, -0.2) is 22.2 Å². The number of hydrogen-bond donors (Lipinski definition) is 0. The van der Waals surface area contributed by atoms with Crippen LogP contribution in [0.5, 0.6) is 5.75 Å². The van der Waals surface area contributed by atoms with E-state index in [9.17, 15) is 4.79 Å². The van der Waals surface area contributed by atoms with E-state index in [0.29, 0.717) is 12.2 Å². The number of hydrogen-bond acceptors (Lipinski definition) is 3. The maximum Gasteiger partial charge on any atom is 0.189 e. The third-order valence-corrected chi connectivity index (χ3v) is 3.03. The monoisotopic (exact) mass is 284 g/mol. The number of allylic oxidation sites excluding steroid dienone is 1. The van der Waals surface area contributed by atoms with Crippen LogP contribution < -0.4 is 4.74 Å². The molecule has 0 unspecified atom stereocenters. The van der Waals surface area contributed by atoms with E-state index in [1.54, 1.807) is 29.2 Å². The Kier molecular flexibility index (Phi) is 4.93. The second-order valence-electron chi connectivity index (χ2n) is 5.00. The molecule has 0 saturated carbocycles. The van der Waals surface area contributed by atoms with Crippen LogP contribution in [0.25, 0.3) is 6.08 Å². The molecule has 1 heterocycles. The molecule has 0 amide bonds. The minimum atomic E-state index is -0.0456. The van der Waals surface area contributed by atoms with E-state index in [4.69, 9.17) is 4.74 Å². The SMILES string of the molecule is CCOc1ccc(/C=C/C(=O)c2cnn(C(C)C)c2)cc1. The van der Waals surface area contributed by atoms with Crippen molar-refractivity contribution < 1.29 is 9.53 Å². The molecular weight excluding hydrogens is 264 g/mol. The normalized spacial score (nSPS) is 11.2. The lowest BCUT2D eigenvalue weighted by Crippen LogP contribution is -2.00. The molecule has 0 aliphatic heterocycles. The standard InChI is InChI=1S/C17H20N2O2/c1-4-21-16-8-5-14(6-9-16)7-10-17(20)15-11-18-19(12-15)13(2)3/h5-13H,4H2,1-3H3/b10-7+.